The lowest BCUT2D eigenvalue weighted by atomic mass is 10.1. The number of halogens is 1. The predicted molar refractivity (Wildman–Crippen MR) is 111 cm³/mol. The standard InChI is InChI=1S/C21H22BrN3O2/c1-3-24(4-2)20(26)13-19-17-10-5-6-11-18(17)21(27)25(23-19)14-15-8-7-9-16(22)12-15/h5-12H,3-4,13-14H2,1-2H3. The van der Waals surface area contributed by atoms with Crippen LogP contribution in [0.15, 0.2) is 57.8 Å². The molecular weight excluding hydrogens is 406 g/mol. The Bertz CT molecular complexity index is 1030. The number of amides is 1. The van der Waals surface area contributed by atoms with Crippen LogP contribution in [-0.4, -0.2) is 33.7 Å². The zero-order valence-corrected chi connectivity index (χ0v) is 17.1. The minimum Gasteiger partial charge on any atom is -0.343 e. The molecule has 0 fully saturated rings. The first-order chi connectivity index (χ1) is 13.0. The summed E-state index contributed by atoms with van der Waals surface area (Å²) in [5.41, 5.74) is 1.46. The molecule has 0 N–H and O–H groups in total. The van der Waals surface area contributed by atoms with Crippen LogP contribution in [0.4, 0.5) is 0 Å². The molecule has 3 rings (SSSR count). The number of aromatic nitrogens is 2. The maximum Gasteiger partial charge on any atom is 0.274 e. The van der Waals surface area contributed by atoms with Crippen molar-refractivity contribution in [3.05, 3.63) is 74.6 Å². The van der Waals surface area contributed by atoms with Gasteiger partial charge >= 0.3 is 0 Å². The quantitative estimate of drug-likeness (QED) is 0.603. The zero-order valence-electron chi connectivity index (χ0n) is 15.5. The van der Waals surface area contributed by atoms with Gasteiger partial charge in [0.15, 0.2) is 0 Å². The fraction of sp³-hybridized carbons (Fsp3) is 0.286. The summed E-state index contributed by atoms with van der Waals surface area (Å²) in [4.78, 5) is 27.3. The fourth-order valence-electron chi connectivity index (χ4n) is 3.18. The lowest BCUT2D eigenvalue weighted by Crippen LogP contribution is -2.33. The maximum atomic E-state index is 12.9. The van der Waals surface area contributed by atoms with E-state index in [4.69, 9.17) is 0 Å². The summed E-state index contributed by atoms with van der Waals surface area (Å²) >= 11 is 3.45. The van der Waals surface area contributed by atoms with Crippen LogP contribution in [0.5, 0.6) is 0 Å². The van der Waals surface area contributed by atoms with Crippen molar-refractivity contribution < 1.29 is 4.79 Å². The van der Waals surface area contributed by atoms with Crippen LogP contribution in [-0.2, 0) is 17.8 Å². The Morgan fingerprint density at radius 2 is 1.78 bits per heavy atom. The highest BCUT2D eigenvalue weighted by Gasteiger charge is 2.16. The molecule has 0 bridgehead atoms. The molecule has 0 aliphatic rings. The van der Waals surface area contributed by atoms with Crippen molar-refractivity contribution in [1.29, 1.82) is 0 Å². The Balaban J connectivity index is 2.06. The van der Waals surface area contributed by atoms with E-state index in [9.17, 15) is 9.59 Å². The number of carbonyl (C=O) groups is 1. The van der Waals surface area contributed by atoms with Crippen molar-refractivity contribution in [2.75, 3.05) is 13.1 Å². The number of hydrogen-bond acceptors (Lipinski definition) is 3. The summed E-state index contributed by atoms with van der Waals surface area (Å²) in [6.07, 6.45) is 0.182. The third-order valence-electron chi connectivity index (χ3n) is 4.60. The lowest BCUT2D eigenvalue weighted by molar-refractivity contribution is -0.130. The second-order valence-corrected chi connectivity index (χ2v) is 7.24. The van der Waals surface area contributed by atoms with E-state index in [2.05, 4.69) is 21.0 Å². The minimum absolute atomic E-state index is 0.0188. The first-order valence-electron chi connectivity index (χ1n) is 9.04. The monoisotopic (exact) mass is 427 g/mol. The van der Waals surface area contributed by atoms with E-state index in [0.717, 1.165) is 15.4 Å². The second-order valence-electron chi connectivity index (χ2n) is 6.33. The Kier molecular flexibility index (Phi) is 6.06. The van der Waals surface area contributed by atoms with Gasteiger partial charge in [0.1, 0.15) is 0 Å². The van der Waals surface area contributed by atoms with E-state index >= 15 is 0 Å². The van der Waals surface area contributed by atoms with Crippen LogP contribution >= 0.6 is 15.9 Å². The first-order valence-corrected chi connectivity index (χ1v) is 9.83. The molecule has 1 heterocycles. The molecule has 140 valence electrons. The molecule has 0 aliphatic heterocycles. The van der Waals surface area contributed by atoms with Crippen LogP contribution in [0.1, 0.15) is 25.1 Å². The molecule has 0 spiro atoms. The summed E-state index contributed by atoms with van der Waals surface area (Å²) < 4.78 is 2.40. The maximum absolute atomic E-state index is 12.9. The van der Waals surface area contributed by atoms with Gasteiger partial charge in [0, 0.05) is 22.9 Å². The van der Waals surface area contributed by atoms with Crippen molar-refractivity contribution >= 4 is 32.6 Å². The number of carbonyl (C=O) groups excluding carboxylic acids is 1. The van der Waals surface area contributed by atoms with Crippen molar-refractivity contribution in [1.82, 2.24) is 14.7 Å². The first kappa shape index (κ1) is 19.3. The Hall–Kier alpha value is -2.47. The minimum atomic E-state index is -0.149. The molecule has 0 radical (unpaired) electrons. The third kappa shape index (κ3) is 4.27. The third-order valence-corrected chi connectivity index (χ3v) is 5.09. The smallest absolute Gasteiger partial charge is 0.274 e. The zero-order chi connectivity index (χ0) is 19.4. The van der Waals surface area contributed by atoms with Gasteiger partial charge in [-0.2, -0.15) is 5.10 Å². The Morgan fingerprint density at radius 1 is 1.07 bits per heavy atom. The molecule has 0 atom stereocenters. The molecule has 5 nitrogen and oxygen atoms in total. The number of nitrogens with zero attached hydrogens (tertiary/aromatic N) is 3. The lowest BCUT2D eigenvalue weighted by Gasteiger charge is -2.19. The van der Waals surface area contributed by atoms with Crippen LogP contribution in [0.2, 0.25) is 0 Å². The highest BCUT2D eigenvalue weighted by molar-refractivity contribution is 9.10. The molecular formula is C21H22BrN3O2. The average Bonchev–Trinajstić information content (AvgIpc) is 2.66. The predicted octanol–water partition coefficient (Wildman–Crippen LogP) is 3.62. The van der Waals surface area contributed by atoms with Crippen molar-refractivity contribution in [2.45, 2.75) is 26.8 Å². The number of hydrogen-bond donors (Lipinski definition) is 0. The van der Waals surface area contributed by atoms with E-state index in [1.165, 1.54) is 4.68 Å². The van der Waals surface area contributed by atoms with E-state index in [1.54, 1.807) is 11.0 Å². The molecule has 0 saturated carbocycles. The number of benzene rings is 2. The van der Waals surface area contributed by atoms with Crippen LogP contribution in [0, 0.1) is 0 Å². The van der Waals surface area contributed by atoms with Crippen LogP contribution in [0.25, 0.3) is 10.8 Å². The highest BCUT2D eigenvalue weighted by atomic mass is 79.9. The van der Waals surface area contributed by atoms with E-state index in [-0.39, 0.29) is 17.9 Å². The number of fused-ring (bicyclic) bond motifs is 1. The van der Waals surface area contributed by atoms with E-state index in [1.807, 2.05) is 56.3 Å². The van der Waals surface area contributed by atoms with Gasteiger partial charge in [0.25, 0.3) is 5.56 Å². The van der Waals surface area contributed by atoms with E-state index < -0.39 is 0 Å². The Morgan fingerprint density at radius 3 is 2.44 bits per heavy atom. The van der Waals surface area contributed by atoms with Gasteiger partial charge < -0.3 is 4.90 Å². The molecule has 0 unspecified atom stereocenters. The topological polar surface area (TPSA) is 55.2 Å². The van der Waals surface area contributed by atoms with Gasteiger partial charge in [-0.05, 0) is 37.6 Å². The van der Waals surface area contributed by atoms with Gasteiger partial charge in [0.2, 0.25) is 5.91 Å². The molecule has 1 aromatic heterocycles. The summed E-state index contributed by atoms with van der Waals surface area (Å²) in [6.45, 7) is 5.59. The van der Waals surface area contributed by atoms with Crippen molar-refractivity contribution in [3.8, 4) is 0 Å². The highest BCUT2D eigenvalue weighted by Crippen LogP contribution is 2.16. The second kappa shape index (κ2) is 8.48. The average molecular weight is 428 g/mol. The molecule has 6 heteroatoms. The molecule has 3 aromatic rings. The van der Waals surface area contributed by atoms with Gasteiger partial charge in [-0.1, -0.05) is 46.3 Å². The molecule has 2 aromatic carbocycles. The summed E-state index contributed by atoms with van der Waals surface area (Å²) in [5, 5.41) is 5.89. The molecule has 27 heavy (non-hydrogen) atoms. The van der Waals surface area contributed by atoms with Crippen LogP contribution < -0.4 is 5.56 Å². The Labute approximate surface area is 166 Å². The van der Waals surface area contributed by atoms with E-state index in [0.29, 0.717) is 30.7 Å². The summed E-state index contributed by atoms with van der Waals surface area (Å²) in [6, 6.07) is 15.1. The SMILES string of the molecule is CCN(CC)C(=O)Cc1nn(Cc2cccc(Br)c2)c(=O)c2ccccc12. The summed E-state index contributed by atoms with van der Waals surface area (Å²) in [5.74, 6) is 0.0188. The van der Waals surface area contributed by atoms with Gasteiger partial charge in [-0.15, -0.1) is 0 Å². The van der Waals surface area contributed by atoms with Gasteiger partial charge in [-0.3, -0.25) is 9.59 Å². The molecule has 1 amide bonds. The van der Waals surface area contributed by atoms with Gasteiger partial charge in [0.05, 0.1) is 24.0 Å². The molecule has 0 saturated heterocycles. The fourth-order valence-corrected chi connectivity index (χ4v) is 3.63. The normalized spacial score (nSPS) is 10.9. The van der Waals surface area contributed by atoms with Crippen molar-refractivity contribution in [2.24, 2.45) is 0 Å². The number of rotatable bonds is 6. The molecule has 0 aliphatic carbocycles. The summed E-state index contributed by atoms with van der Waals surface area (Å²) in [7, 11) is 0. The number of likely N-dealkylation sites (N-methyl/N-ethyl adjacent to an activating group) is 1. The van der Waals surface area contributed by atoms with Crippen molar-refractivity contribution in [3.63, 3.8) is 0 Å². The largest absolute Gasteiger partial charge is 0.343 e. The van der Waals surface area contributed by atoms with Crippen LogP contribution in [0.3, 0.4) is 0 Å². The van der Waals surface area contributed by atoms with Gasteiger partial charge in [-0.25, -0.2) is 4.68 Å².